The first-order valence-corrected chi connectivity index (χ1v) is 5.82. The van der Waals surface area contributed by atoms with Crippen molar-refractivity contribution in [2.75, 3.05) is 14.2 Å². The standard InChI is InChI=1S/C13H14N4O3/c1-19-10-4-8-9(5-11(10)20-2)16-12(17-13(8)18)3-7(15)6-14/h4-6,14-15H,3H2,1-2H3,(H,16,17,18). The number of nitrogens with one attached hydrogen (secondary N) is 3. The Morgan fingerprint density at radius 3 is 2.60 bits per heavy atom. The second-order valence-electron chi connectivity index (χ2n) is 4.08. The Labute approximate surface area is 114 Å². The third-order valence-electron chi connectivity index (χ3n) is 2.79. The molecule has 3 N–H and O–H groups in total. The molecule has 20 heavy (non-hydrogen) atoms. The zero-order valence-electron chi connectivity index (χ0n) is 11.1. The first-order chi connectivity index (χ1) is 9.58. The van der Waals surface area contributed by atoms with Crippen LogP contribution in [0.2, 0.25) is 0 Å². The van der Waals surface area contributed by atoms with Crippen molar-refractivity contribution in [2.24, 2.45) is 0 Å². The minimum absolute atomic E-state index is 0.0629. The lowest BCUT2D eigenvalue weighted by Crippen LogP contribution is -2.15. The summed E-state index contributed by atoms with van der Waals surface area (Å²) in [5.41, 5.74) is 0.205. The van der Waals surface area contributed by atoms with Gasteiger partial charge in [0.2, 0.25) is 0 Å². The number of nitrogens with zero attached hydrogens (tertiary/aromatic N) is 1. The Balaban J connectivity index is 2.61. The third kappa shape index (κ3) is 2.51. The number of fused-ring (bicyclic) bond motifs is 1. The molecule has 0 atom stereocenters. The van der Waals surface area contributed by atoms with Crippen LogP contribution in [-0.2, 0) is 6.42 Å². The average Bonchev–Trinajstić information content (AvgIpc) is 2.45. The van der Waals surface area contributed by atoms with Gasteiger partial charge in [-0.3, -0.25) is 4.79 Å². The maximum Gasteiger partial charge on any atom is 0.258 e. The van der Waals surface area contributed by atoms with E-state index in [1.807, 2.05) is 0 Å². The van der Waals surface area contributed by atoms with Gasteiger partial charge in [-0.15, -0.1) is 0 Å². The van der Waals surface area contributed by atoms with E-state index in [-0.39, 0.29) is 17.7 Å². The summed E-state index contributed by atoms with van der Waals surface area (Å²) in [5.74, 6) is 1.27. The minimum atomic E-state index is -0.316. The van der Waals surface area contributed by atoms with Crippen molar-refractivity contribution in [3.05, 3.63) is 28.3 Å². The molecule has 0 aliphatic heterocycles. The molecule has 0 saturated heterocycles. The molecule has 0 radical (unpaired) electrons. The predicted molar refractivity (Wildman–Crippen MR) is 75.7 cm³/mol. The van der Waals surface area contributed by atoms with E-state index < -0.39 is 0 Å². The van der Waals surface area contributed by atoms with Gasteiger partial charge in [-0.1, -0.05) is 0 Å². The first kappa shape index (κ1) is 13.7. The van der Waals surface area contributed by atoms with E-state index in [4.69, 9.17) is 20.3 Å². The van der Waals surface area contributed by atoms with Gasteiger partial charge in [-0.25, -0.2) is 4.98 Å². The highest BCUT2D eigenvalue weighted by Gasteiger charge is 2.11. The highest BCUT2D eigenvalue weighted by Crippen LogP contribution is 2.29. The lowest BCUT2D eigenvalue weighted by molar-refractivity contribution is 0.355. The Morgan fingerprint density at radius 2 is 2.00 bits per heavy atom. The number of hydrogen-bond donors (Lipinski definition) is 3. The van der Waals surface area contributed by atoms with Crippen LogP contribution in [0.3, 0.4) is 0 Å². The summed E-state index contributed by atoms with van der Waals surface area (Å²) in [6.07, 6.45) is 1.02. The lowest BCUT2D eigenvalue weighted by atomic mass is 10.2. The van der Waals surface area contributed by atoms with E-state index in [2.05, 4.69) is 9.97 Å². The number of ether oxygens (including phenoxy) is 2. The van der Waals surface area contributed by atoms with Crippen LogP contribution >= 0.6 is 0 Å². The molecule has 7 nitrogen and oxygen atoms in total. The summed E-state index contributed by atoms with van der Waals surface area (Å²) in [6, 6.07) is 3.17. The van der Waals surface area contributed by atoms with Crippen LogP contribution in [0.4, 0.5) is 0 Å². The summed E-state index contributed by atoms with van der Waals surface area (Å²) < 4.78 is 10.3. The molecular formula is C13H14N4O3. The monoisotopic (exact) mass is 274 g/mol. The molecule has 1 aromatic heterocycles. The van der Waals surface area contributed by atoms with Crippen LogP contribution in [0, 0.1) is 10.8 Å². The van der Waals surface area contributed by atoms with E-state index in [1.54, 1.807) is 12.1 Å². The van der Waals surface area contributed by atoms with Crippen molar-refractivity contribution in [3.8, 4) is 11.5 Å². The van der Waals surface area contributed by atoms with E-state index in [0.29, 0.717) is 28.2 Å². The molecule has 0 spiro atoms. The number of H-pyrrole nitrogens is 1. The highest BCUT2D eigenvalue weighted by atomic mass is 16.5. The summed E-state index contributed by atoms with van der Waals surface area (Å²) in [5, 5.41) is 14.8. The fourth-order valence-electron chi connectivity index (χ4n) is 1.83. The fourth-order valence-corrected chi connectivity index (χ4v) is 1.83. The molecule has 0 saturated carbocycles. The Hall–Kier alpha value is -2.70. The van der Waals surface area contributed by atoms with Gasteiger partial charge < -0.3 is 25.3 Å². The molecule has 1 heterocycles. The van der Waals surface area contributed by atoms with Crippen molar-refractivity contribution < 1.29 is 9.47 Å². The molecule has 0 aliphatic carbocycles. The zero-order chi connectivity index (χ0) is 14.7. The highest BCUT2D eigenvalue weighted by molar-refractivity contribution is 6.28. The molecule has 104 valence electrons. The summed E-state index contributed by atoms with van der Waals surface area (Å²) >= 11 is 0. The molecule has 2 aromatic rings. The van der Waals surface area contributed by atoms with Crippen molar-refractivity contribution in [3.63, 3.8) is 0 Å². The van der Waals surface area contributed by atoms with Crippen LogP contribution in [0.25, 0.3) is 10.9 Å². The Kier molecular flexibility index (Phi) is 3.79. The van der Waals surface area contributed by atoms with Crippen molar-refractivity contribution >= 4 is 22.8 Å². The first-order valence-electron chi connectivity index (χ1n) is 5.82. The second-order valence-corrected chi connectivity index (χ2v) is 4.08. The average molecular weight is 274 g/mol. The number of hydrogen-bond acceptors (Lipinski definition) is 6. The van der Waals surface area contributed by atoms with Gasteiger partial charge in [0.05, 0.1) is 30.8 Å². The number of aromatic nitrogens is 2. The van der Waals surface area contributed by atoms with Gasteiger partial charge in [0, 0.05) is 18.7 Å². The fraction of sp³-hybridized carbons (Fsp3) is 0.231. The summed E-state index contributed by atoms with van der Waals surface area (Å²) in [6.45, 7) is 0. The SMILES string of the molecule is COc1cc2nc(CC(=N)C=N)[nH]c(=O)c2cc1OC. The Bertz CT molecular complexity index is 736. The molecule has 0 bridgehead atoms. The molecule has 0 aliphatic rings. The summed E-state index contributed by atoms with van der Waals surface area (Å²) in [4.78, 5) is 18.9. The summed E-state index contributed by atoms with van der Waals surface area (Å²) in [7, 11) is 2.99. The van der Waals surface area contributed by atoms with Gasteiger partial charge in [0.15, 0.2) is 11.5 Å². The van der Waals surface area contributed by atoms with Crippen molar-refractivity contribution in [2.45, 2.75) is 6.42 Å². The number of methoxy groups -OCH3 is 2. The predicted octanol–water partition coefficient (Wildman–Crippen LogP) is 1.15. The van der Waals surface area contributed by atoms with Gasteiger partial charge in [0.1, 0.15) is 5.82 Å². The van der Waals surface area contributed by atoms with E-state index in [0.717, 1.165) is 6.21 Å². The van der Waals surface area contributed by atoms with E-state index in [9.17, 15) is 4.79 Å². The van der Waals surface area contributed by atoms with Crippen LogP contribution in [0.1, 0.15) is 5.82 Å². The van der Waals surface area contributed by atoms with Gasteiger partial charge in [-0.2, -0.15) is 0 Å². The van der Waals surface area contributed by atoms with Crippen LogP contribution < -0.4 is 15.0 Å². The quantitative estimate of drug-likeness (QED) is 0.710. The van der Waals surface area contributed by atoms with Crippen LogP contribution in [0.15, 0.2) is 16.9 Å². The van der Waals surface area contributed by atoms with Crippen molar-refractivity contribution in [1.82, 2.24) is 9.97 Å². The second kappa shape index (κ2) is 5.52. The number of rotatable bonds is 5. The van der Waals surface area contributed by atoms with Gasteiger partial charge >= 0.3 is 0 Å². The van der Waals surface area contributed by atoms with Gasteiger partial charge in [-0.05, 0) is 6.07 Å². The van der Waals surface area contributed by atoms with Crippen molar-refractivity contribution in [1.29, 1.82) is 10.8 Å². The van der Waals surface area contributed by atoms with Gasteiger partial charge in [0.25, 0.3) is 5.56 Å². The molecule has 0 amide bonds. The normalized spacial score (nSPS) is 10.3. The smallest absolute Gasteiger partial charge is 0.258 e. The molecular weight excluding hydrogens is 260 g/mol. The number of aromatic amines is 1. The van der Waals surface area contributed by atoms with E-state index in [1.165, 1.54) is 14.2 Å². The largest absolute Gasteiger partial charge is 0.493 e. The molecule has 0 fully saturated rings. The topological polar surface area (TPSA) is 112 Å². The molecule has 1 aromatic carbocycles. The maximum atomic E-state index is 12.0. The molecule has 0 unspecified atom stereocenters. The lowest BCUT2D eigenvalue weighted by Gasteiger charge is -2.09. The number of benzene rings is 1. The van der Waals surface area contributed by atoms with E-state index >= 15 is 0 Å². The van der Waals surface area contributed by atoms with Crippen LogP contribution in [0.5, 0.6) is 11.5 Å². The maximum absolute atomic E-state index is 12.0. The molecule has 2 rings (SSSR count). The minimum Gasteiger partial charge on any atom is -0.493 e. The Morgan fingerprint density at radius 1 is 1.35 bits per heavy atom. The zero-order valence-corrected chi connectivity index (χ0v) is 11.1. The van der Waals surface area contributed by atoms with Crippen LogP contribution in [-0.4, -0.2) is 36.1 Å². The molecule has 7 heteroatoms. The third-order valence-corrected chi connectivity index (χ3v) is 2.79.